The molecule has 2 aromatic rings. The number of ether oxygens (including phenoxy) is 1. The van der Waals surface area contributed by atoms with E-state index in [0.717, 1.165) is 30.8 Å². The maximum Gasteiger partial charge on any atom is 0.250 e. The number of benzene rings is 2. The highest BCUT2D eigenvalue weighted by molar-refractivity contribution is 9.09. The molecule has 10 heteroatoms. The Labute approximate surface area is 256 Å². The van der Waals surface area contributed by atoms with Crippen LogP contribution in [-0.4, -0.2) is 82.6 Å². The number of amides is 3. The molecule has 3 unspecified atom stereocenters. The maximum absolute atomic E-state index is 14.4. The van der Waals surface area contributed by atoms with Crippen LogP contribution in [0.15, 0.2) is 54.6 Å². The van der Waals surface area contributed by atoms with Gasteiger partial charge in [0.25, 0.3) is 0 Å². The van der Waals surface area contributed by atoms with Crippen molar-refractivity contribution in [3.8, 4) is 0 Å². The molecular weight excluding hydrogens is 600 g/mol. The lowest BCUT2D eigenvalue weighted by molar-refractivity contribution is -0.144. The predicted octanol–water partition coefficient (Wildman–Crippen LogP) is 3.35. The molecule has 3 saturated heterocycles. The molecule has 1 spiro atoms. The minimum absolute atomic E-state index is 0.191. The van der Waals surface area contributed by atoms with E-state index < -0.39 is 35.6 Å². The fourth-order valence-electron chi connectivity index (χ4n) is 7.12. The van der Waals surface area contributed by atoms with E-state index in [1.807, 2.05) is 61.5 Å². The topological polar surface area (TPSA) is 111 Å². The van der Waals surface area contributed by atoms with E-state index in [4.69, 9.17) is 4.74 Å². The molecule has 9 nitrogen and oxygen atoms in total. The SMILES string of the molecule is CCCNC(=O)[C@H]1[C@@H]2OC3(CC2Br)C(C(=O)Nc2ccc(N(CC)CC)cc2)N([C@@H](CO)Cc2ccccc2)C(=O)[C@H]13. The second kappa shape index (κ2) is 12.7. The van der Waals surface area contributed by atoms with E-state index in [9.17, 15) is 19.5 Å². The van der Waals surface area contributed by atoms with Gasteiger partial charge >= 0.3 is 0 Å². The summed E-state index contributed by atoms with van der Waals surface area (Å²) in [5, 5.41) is 16.6. The van der Waals surface area contributed by atoms with Crippen molar-refractivity contribution in [2.75, 3.05) is 36.5 Å². The lowest BCUT2D eigenvalue weighted by Gasteiger charge is -2.37. The number of anilines is 2. The predicted molar refractivity (Wildman–Crippen MR) is 166 cm³/mol. The molecule has 2 bridgehead atoms. The number of nitrogens with one attached hydrogen (secondary N) is 2. The fourth-order valence-corrected chi connectivity index (χ4v) is 8.06. The molecule has 7 atom stereocenters. The van der Waals surface area contributed by atoms with Crippen molar-refractivity contribution in [3.63, 3.8) is 0 Å². The highest BCUT2D eigenvalue weighted by atomic mass is 79.9. The molecule has 5 rings (SSSR count). The van der Waals surface area contributed by atoms with E-state index in [0.29, 0.717) is 25.1 Å². The van der Waals surface area contributed by atoms with Crippen LogP contribution < -0.4 is 15.5 Å². The number of aliphatic hydroxyl groups excluding tert-OH is 1. The van der Waals surface area contributed by atoms with Crippen LogP contribution in [0.2, 0.25) is 0 Å². The minimum Gasteiger partial charge on any atom is -0.394 e. The molecule has 226 valence electrons. The Hall–Kier alpha value is -2.95. The van der Waals surface area contributed by atoms with Crippen molar-refractivity contribution in [2.45, 2.75) is 68.6 Å². The molecule has 3 aliphatic heterocycles. The molecule has 3 aliphatic rings. The molecule has 3 fully saturated rings. The standard InChI is InChI=1S/C32H41BrN4O5/c1-4-16-34-29(39)25-26-31(41)37(23(19-38)17-20-10-8-7-9-11-20)28(32(26)18-24(33)27(25)42-32)30(40)35-21-12-14-22(15-13-21)36(5-2)6-3/h7-15,23-28,38H,4-6,16-19H2,1-3H3,(H,34,39)(H,35,40)/t23-,24?,25-,26+,27-,28?,32?/m1/s1. The molecule has 0 radical (unpaired) electrons. The number of nitrogens with zero attached hydrogens (tertiary/aromatic N) is 2. The molecule has 3 N–H and O–H groups in total. The Bertz CT molecular complexity index is 1270. The van der Waals surface area contributed by atoms with Gasteiger partial charge < -0.3 is 30.3 Å². The number of hydrogen-bond acceptors (Lipinski definition) is 6. The first-order chi connectivity index (χ1) is 20.3. The summed E-state index contributed by atoms with van der Waals surface area (Å²) >= 11 is 3.71. The number of likely N-dealkylation sites (tertiary alicyclic amines) is 1. The Morgan fingerprint density at radius 2 is 1.79 bits per heavy atom. The summed E-state index contributed by atoms with van der Waals surface area (Å²) in [6.45, 7) is 8.06. The van der Waals surface area contributed by atoms with Crippen LogP contribution in [0.3, 0.4) is 0 Å². The Morgan fingerprint density at radius 3 is 2.40 bits per heavy atom. The largest absolute Gasteiger partial charge is 0.394 e. The Kier molecular flexibility index (Phi) is 9.25. The quantitative estimate of drug-likeness (QED) is 0.307. The first kappa shape index (κ1) is 30.5. The molecular formula is C32H41BrN4O5. The molecule has 2 aromatic carbocycles. The van der Waals surface area contributed by atoms with E-state index >= 15 is 0 Å². The van der Waals surface area contributed by atoms with E-state index in [1.165, 1.54) is 4.90 Å². The van der Waals surface area contributed by atoms with Crippen molar-refractivity contribution in [3.05, 3.63) is 60.2 Å². The van der Waals surface area contributed by atoms with Crippen LogP contribution in [0, 0.1) is 11.8 Å². The van der Waals surface area contributed by atoms with Crippen molar-refractivity contribution < 1.29 is 24.2 Å². The molecule has 3 amide bonds. The van der Waals surface area contributed by atoms with Gasteiger partial charge in [0.1, 0.15) is 11.6 Å². The number of fused-ring (bicyclic) bond motifs is 1. The van der Waals surface area contributed by atoms with Crippen molar-refractivity contribution in [1.29, 1.82) is 0 Å². The lowest BCUT2D eigenvalue weighted by atomic mass is 9.70. The lowest BCUT2D eigenvalue weighted by Crippen LogP contribution is -2.57. The molecule has 0 aliphatic carbocycles. The van der Waals surface area contributed by atoms with Crippen LogP contribution in [0.5, 0.6) is 0 Å². The summed E-state index contributed by atoms with van der Waals surface area (Å²) in [7, 11) is 0. The second-order valence-corrected chi connectivity index (χ2v) is 12.6. The van der Waals surface area contributed by atoms with Crippen LogP contribution in [-0.2, 0) is 25.5 Å². The number of alkyl halides is 1. The molecule has 42 heavy (non-hydrogen) atoms. The third-order valence-electron chi connectivity index (χ3n) is 9.01. The highest BCUT2D eigenvalue weighted by Crippen LogP contribution is 2.60. The van der Waals surface area contributed by atoms with Gasteiger partial charge in [-0.05, 0) is 62.9 Å². The van der Waals surface area contributed by atoms with Gasteiger partial charge in [-0.2, -0.15) is 0 Å². The van der Waals surface area contributed by atoms with Gasteiger partial charge in [0, 0.05) is 35.8 Å². The van der Waals surface area contributed by atoms with Gasteiger partial charge in [-0.25, -0.2) is 0 Å². The normalized spacial score (nSPS) is 28.5. The average molecular weight is 642 g/mol. The summed E-state index contributed by atoms with van der Waals surface area (Å²) in [5.41, 5.74) is 1.40. The maximum atomic E-state index is 14.4. The summed E-state index contributed by atoms with van der Waals surface area (Å²) in [5.74, 6) is -2.49. The van der Waals surface area contributed by atoms with Crippen LogP contribution in [0.1, 0.15) is 39.2 Å². The smallest absolute Gasteiger partial charge is 0.250 e. The number of halogens is 1. The van der Waals surface area contributed by atoms with E-state index in [1.54, 1.807) is 0 Å². The monoisotopic (exact) mass is 640 g/mol. The Morgan fingerprint density at radius 1 is 1.10 bits per heavy atom. The summed E-state index contributed by atoms with van der Waals surface area (Å²) in [4.78, 5) is 45.6. The van der Waals surface area contributed by atoms with Crippen LogP contribution in [0.25, 0.3) is 0 Å². The number of aliphatic hydroxyl groups is 1. The second-order valence-electron chi connectivity index (χ2n) is 11.4. The van der Waals surface area contributed by atoms with Crippen LogP contribution >= 0.6 is 15.9 Å². The minimum atomic E-state index is -1.19. The van der Waals surface area contributed by atoms with Gasteiger partial charge in [0.2, 0.25) is 17.7 Å². The van der Waals surface area contributed by atoms with Crippen LogP contribution in [0.4, 0.5) is 11.4 Å². The van der Waals surface area contributed by atoms with Gasteiger partial charge in [0.05, 0.1) is 30.6 Å². The van der Waals surface area contributed by atoms with Gasteiger partial charge in [0.15, 0.2) is 0 Å². The summed E-state index contributed by atoms with van der Waals surface area (Å²) in [6.07, 6.45) is 1.01. The molecule has 3 heterocycles. The van der Waals surface area contributed by atoms with Gasteiger partial charge in [-0.1, -0.05) is 53.2 Å². The number of carbonyl (C=O) groups excluding carboxylic acids is 3. The molecule has 0 saturated carbocycles. The molecule has 0 aromatic heterocycles. The highest BCUT2D eigenvalue weighted by Gasteiger charge is 2.77. The Balaban J connectivity index is 1.51. The number of hydrogen-bond donors (Lipinski definition) is 3. The first-order valence-electron chi connectivity index (χ1n) is 15.0. The zero-order valence-electron chi connectivity index (χ0n) is 24.5. The zero-order valence-corrected chi connectivity index (χ0v) is 26.0. The van der Waals surface area contributed by atoms with E-state index in [2.05, 4.69) is 45.3 Å². The number of carbonyl (C=O) groups is 3. The third kappa shape index (κ3) is 5.33. The zero-order chi connectivity index (χ0) is 30.0. The fraction of sp³-hybridized carbons (Fsp3) is 0.531. The van der Waals surface area contributed by atoms with E-state index in [-0.39, 0.29) is 29.2 Å². The summed E-state index contributed by atoms with van der Waals surface area (Å²) < 4.78 is 6.59. The van der Waals surface area contributed by atoms with Gasteiger partial charge in [-0.3, -0.25) is 14.4 Å². The van der Waals surface area contributed by atoms with Gasteiger partial charge in [-0.15, -0.1) is 0 Å². The average Bonchev–Trinajstić information content (AvgIpc) is 3.60. The third-order valence-corrected chi connectivity index (χ3v) is 9.85. The van der Waals surface area contributed by atoms with Crippen molar-refractivity contribution >= 4 is 45.0 Å². The van der Waals surface area contributed by atoms with Crippen molar-refractivity contribution in [1.82, 2.24) is 10.2 Å². The van der Waals surface area contributed by atoms with Crippen molar-refractivity contribution in [2.24, 2.45) is 11.8 Å². The summed E-state index contributed by atoms with van der Waals surface area (Å²) in [6, 6.07) is 15.6. The number of rotatable bonds is 12. The first-order valence-corrected chi connectivity index (χ1v) is 15.9.